The number of piperidine rings is 1. The third-order valence-electron chi connectivity index (χ3n) is 3.76. The number of amides is 1. The monoisotopic (exact) mass is 305 g/mol. The number of carbonyl (C=O) groups is 3. The Labute approximate surface area is 129 Å². The molecule has 2 unspecified atom stereocenters. The predicted molar refractivity (Wildman–Crippen MR) is 77.9 cm³/mol. The minimum atomic E-state index is -0.588. The SMILES string of the molecule is COC(=O)C1CCC(C=O)N(C(=O)OCc2ccccc2)C1. The van der Waals surface area contributed by atoms with Crippen LogP contribution in [0.1, 0.15) is 18.4 Å². The van der Waals surface area contributed by atoms with Crippen LogP contribution in [0.25, 0.3) is 0 Å². The van der Waals surface area contributed by atoms with E-state index in [2.05, 4.69) is 0 Å². The van der Waals surface area contributed by atoms with Crippen molar-refractivity contribution in [3.8, 4) is 0 Å². The van der Waals surface area contributed by atoms with Crippen LogP contribution in [-0.2, 0) is 25.7 Å². The zero-order valence-electron chi connectivity index (χ0n) is 12.4. The maximum atomic E-state index is 12.2. The van der Waals surface area contributed by atoms with Crippen molar-refractivity contribution in [1.29, 1.82) is 0 Å². The number of nitrogens with zero attached hydrogens (tertiary/aromatic N) is 1. The summed E-state index contributed by atoms with van der Waals surface area (Å²) in [6, 6.07) is 8.72. The molecule has 1 amide bonds. The van der Waals surface area contributed by atoms with E-state index in [9.17, 15) is 14.4 Å². The Morgan fingerprint density at radius 3 is 2.64 bits per heavy atom. The maximum absolute atomic E-state index is 12.2. The first kappa shape index (κ1) is 16.0. The molecule has 0 N–H and O–H groups in total. The van der Waals surface area contributed by atoms with Crippen molar-refractivity contribution in [3.05, 3.63) is 35.9 Å². The molecule has 1 fully saturated rings. The van der Waals surface area contributed by atoms with Crippen molar-refractivity contribution in [2.24, 2.45) is 5.92 Å². The molecule has 6 nitrogen and oxygen atoms in total. The molecule has 0 bridgehead atoms. The molecule has 1 saturated heterocycles. The van der Waals surface area contributed by atoms with Crippen molar-refractivity contribution in [2.45, 2.75) is 25.5 Å². The number of methoxy groups -OCH3 is 1. The van der Waals surface area contributed by atoms with Gasteiger partial charge in [0.2, 0.25) is 0 Å². The molecule has 0 radical (unpaired) electrons. The summed E-state index contributed by atoms with van der Waals surface area (Å²) in [6.07, 6.45) is 1.09. The number of ether oxygens (including phenoxy) is 2. The van der Waals surface area contributed by atoms with E-state index in [1.807, 2.05) is 30.3 Å². The van der Waals surface area contributed by atoms with Crippen LogP contribution in [0, 0.1) is 5.92 Å². The van der Waals surface area contributed by atoms with Crippen LogP contribution in [0.4, 0.5) is 4.79 Å². The summed E-state index contributed by atoms with van der Waals surface area (Å²) in [5.74, 6) is -0.782. The average Bonchev–Trinajstić information content (AvgIpc) is 2.59. The Bertz CT molecular complexity index is 531. The molecule has 1 aromatic rings. The van der Waals surface area contributed by atoms with E-state index in [1.165, 1.54) is 12.0 Å². The van der Waals surface area contributed by atoms with Crippen LogP contribution in [-0.4, -0.2) is 42.9 Å². The van der Waals surface area contributed by atoms with E-state index in [4.69, 9.17) is 9.47 Å². The smallest absolute Gasteiger partial charge is 0.410 e. The van der Waals surface area contributed by atoms with E-state index < -0.39 is 18.1 Å². The largest absolute Gasteiger partial charge is 0.469 e. The van der Waals surface area contributed by atoms with Gasteiger partial charge in [-0.25, -0.2) is 4.79 Å². The van der Waals surface area contributed by atoms with Gasteiger partial charge in [-0.1, -0.05) is 30.3 Å². The van der Waals surface area contributed by atoms with Crippen LogP contribution in [0.15, 0.2) is 30.3 Å². The molecule has 6 heteroatoms. The summed E-state index contributed by atoms with van der Waals surface area (Å²) in [4.78, 5) is 36.2. The molecule has 1 aromatic carbocycles. The highest BCUT2D eigenvalue weighted by Gasteiger charge is 2.35. The van der Waals surface area contributed by atoms with Gasteiger partial charge in [0.1, 0.15) is 12.9 Å². The highest BCUT2D eigenvalue weighted by atomic mass is 16.6. The Morgan fingerprint density at radius 2 is 2.00 bits per heavy atom. The molecule has 1 aliphatic heterocycles. The van der Waals surface area contributed by atoms with Crippen LogP contribution in [0.3, 0.4) is 0 Å². The zero-order valence-corrected chi connectivity index (χ0v) is 12.4. The van der Waals surface area contributed by atoms with Crippen molar-refractivity contribution >= 4 is 18.3 Å². The Hall–Kier alpha value is -2.37. The van der Waals surface area contributed by atoms with Gasteiger partial charge in [-0.05, 0) is 18.4 Å². The van der Waals surface area contributed by atoms with Crippen LogP contribution in [0.5, 0.6) is 0 Å². The summed E-state index contributed by atoms with van der Waals surface area (Å²) in [6.45, 7) is 0.272. The average molecular weight is 305 g/mol. The summed E-state index contributed by atoms with van der Waals surface area (Å²) >= 11 is 0. The molecule has 0 spiro atoms. The number of rotatable bonds is 4. The fourth-order valence-electron chi connectivity index (χ4n) is 2.50. The highest BCUT2D eigenvalue weighted by Crippen LogP contribution is 2.23. The standard InChI is InChI=1S/C16H19NO5/c1-21-15(19)13-7-8-14(10-18)17(9-13)16(20)22-11-12-5-3-2-4-6-12/h2-6,10,13-14H,7-9,11H2,1H3. The molecular formula is C16H19NO5. The fourth-order valence-corrected chi connectivity index (χ4v) is 2.50. The van der Waals surface area contributed by atoms with Gasteiger partial charge in [-0.3, -0.25) is 9.69 Å². The number of hydrogen-bond acceptors (Lipinski definition) is 5. The fraction of sp³-hybridized carbons (Fsp3) is 0.438. The van der Waals surface area contributed by atoms with Gasteiger partial charge in [-0.15, -0.1) is 0 Å². The lowest BCUT2D eigenvalue weighted by Crippen LogP contribution is -2.49. The van der Waals surface area contributed by atoms with Gasteiger partial charge < -0.3 is 14.3 Å². The Balaban J connectivity index is 1.98. The topological polar surface area (TPSA) is 72.9 Å². The summed E-state index contributed by atoms with van der Waals surface area (Å²) in [5, 5.41) is 0. The minimum Gasteiger partial charge on any atom is -0.469 e. The number of benzene rings is 1. The lowest BCUT2D eigenvalue weighted by Gasteiger charge is -2.35. The van der Waals surface area contributed by atoms with Gasteiger partial charge in [0.25, 0.3) is 0 Å². The van der Waals surface area contributed by atoms with Crippen LogP contribution in [0.2, 0.25) is 0 Å². The maximum Gasteiger partial charge on any atom is 0.410 e. The number of carbonyl (C=O) groups excluding carboxylic acids is 3. The number of aldehydes is 1. The van der Waals surface area contributed by atoms with E-state index in [0.717, 1.165) is 11.8 Å². The van der Waals surface area contributed by atoms with E-state index in [0.29, 0.717) is 12.8 Å². The zero-order chi connectivity index (χ0) is 15.9. The van der Waals surface area contributed by atoms with Crippen molar-refractivity contribution in [2.75, 3.05) is 13.7 Å². The minimum absolute atomic E-state index is 0.130. The third-order valence-corrected chi connectivity index (χ3v) is 3.76. The first-order chi connectivity index (χ1) is 10.7. The van der Waals surface area contributed by atoms with Crippen LogP contribution < -0.4 is 0 Å². The molecule has 1 aliphatic rings. The van der Waals surface area contributed by atoms with Gasteiger partial charge in [0.05, 0.1) is 19.1 Å². The molecular weight excluding hydrogens is 286 g/mol. The van der Waals surface area contributed by atoms with Gasteiger partial charge in [-0.2, -0.15) is 0 Å². The van der Waals surface area contributed by atoms with E-state index >= 15 is 0 Å². The summed E-state index contributed by atoms with van der Waals surface area (Å²) < 4.78 is 9.95. The highest BCUT2D eigenvalue weighted by molar-refractivity contribution is 5.77. The third kappa shape index (κ3) is 3.84. The number of esters is 1. The molecule has 22 heavy (non-hydrogen) atoms. The van der Waals surface area contributed by atoms with Gasteiger partial charge in [0.15, 0.2) is 0 Å². The Kier molecular flexibility index (Phi) is 5.52. The molecule has 118 valence electrons. The first-order valence-corrected chi connectivity index (χ1v) is 7.16. The van der Waals surface area contributed by atoms with Crippen molar-refractivity contribution in [1.82, 2.24) is 4.90 Å². The lowest BCUT2D eigenvalue weighted by atomic mass is 9.94. The molecule has 1 heterocycles. The quantitative estimate of drug-likeness (QED) is 0.626. The summed E-state index contributed by atoms with van der Waals surface area (Å²) in [5.41, 5.74) is 0.861. The lowest BCUT2D eigenvalue weighted by molar-refractivity contribution is -0.148. The second-order valence-electron chi connectivity index (χ2n) is 5.19. The number of hydrogen-bond donors (Lipinski definition) is 0. The molecule has 0 aromatic heterocycles. The molecule has 2 atom stereocenters. The predicted octanol–water partition coefficient (Wildman–Crippen LogP) is 1.78. The van der Waals surface area contributed by atoms with E-state index in [1.54, 1.807) is 0 Å². The number of likely N-dealkylation sites (tertiary alicyclic amines) is 1. The molecule has 2 rings (SSSR count). The first-order valence-electron chi connectivity index (χ1n) is 7.16. The van der Waals surface area contributed by atoms with Gasteiger partial charge in [0, 0.05) is 6.54 Å². The molecule has 0 saturated carbocycles. The van der Waals surface area contributed by atoms with Crippen molar-refractivity contribution < 1.29 is 23.9 Å². The second kappa shape index (κ2) is 7.59. The van der Waals surface area contributed by atoms with Gasteiger partial charge >= 0.3 is 12.1 Å². The summed E-state index contributed by atoms with van der Waals surface area (Å²) in [7, 11) is 1.31. The van der Waals surface area contributed by atoms with E-state index in [-0.39, 0.29) is 19.1 Å². The van der Waals surface area contributed by atoms with Crippen molar-refractivity contribution in [3.63, 3.8) is 0 Å². The molecule has 0 aliphatic carbocycles. The second-order valence-corrected chi connectivity index (χ2v) is 5.19. The normalized spacial score (nSPS) is 21.0. The Morgan fingerprint density at radius 1 is 1.27 bits per heavy atom. The van der Waals surface area contributed by atoms with Crippen LogP contribution >= 0.6 is 0 Å².